The summed E-state index contributed by atoms with van der Waals surface area (Å²) in [5, 5.41) is 2.93. The van der Waals surface area contributed by atoms with Crippen molar-refractivity contribution in [3.05, 3.63) is 29.8 Å². The van der Waals surface area contributed by atoms with E-state index in [9.17, 15) is 13.6 Å². The lowest BCUT2D eigenvalue weighted by Crippen LogP contribution is -2.51. The molecule has 1 aromatic rings. The molecular formula is C14H18F2N2O2. The highest BCUT2D eigenvalue weighted by atomic mass is 19.3. The quantitative estimate of drug-likeness (QED) is 0.872. The Kier molecular flexibility index (Phi) is 4.54. The van der Waals surface area contributed by atoms with Crippen LogP contribution in [0.3, 0.4) is 0 Å². The molecule has 0 spiro atoms. The first-order valence-corrected chi connectivity index (χ1v) is 6.62. The average Bonchev–Trinajstić information content (AvgIpc) is 2.87. The van der Waals surface area contributed by atoms with Crippen molar-refractivity contribution in [3.63, 3.8) is 0 Å². The molecule has 0 heterocycles. The molecule has 1 aliphatic rings. The molecule has 0 aliphatic heterocycles. The largest absolute Gasteiger partial charge is 0.435 e. The monoisotopic (exact) mass is 284 g/mol. The Morgan fingerprint density at radius 3 is 2.70 bits per heavy atom. The lowest BCUT2D eigenvalue weighted by Gasteiger charge is -2.28. The van der Waals surface area contributed by atoms with Gasteiger partial charge in [0, 0.05) is 12.1 Å². The number of carbonyl (C=O) groups excluding carboxylic acids is 1. The van der Waals surface area contributed by atoms with Gasteiger partial charge in [-0.2, -0.15) is 8.78 Å². The van der Waals surface area contributed by atoms with E-state index >= 15 is 0 Å². The highest BCUT2D eigenvalue weighted by Gasteiger charge is 2.34. The van der Waals surface area contributed by atoms with Crippen molar-refractivity contribution in [1.82, 2.24) is 5.32 Å². The summed E-state index contributed by atoms with van der Waals surface area (Å²) >= 11 is 0. The number of benzene rings is 1. The fraction of sp³-hybridized carbons (Fsp3) is 0.500. The molecule has 0 atom stereocenters. The van der Waals surface area contributed by atoms with Gasteiger partial charge in [0.1, 0.15) is 5.75 Å². The first kappa shape index (κ1) is 14.7. The molecule has 0 aromatic heterocycles. The summed E-state index contributed by atoms with van der Waals surface area (Å²) in [6.07, 6.45) is 3.77. The van der Waals surface area contributed by atoms with E-state index in [0.717, 1.165) is 25.7 Å². The van der Waals surface area contributed by atoms with E-state index in [-0.39, 0.29) is 17.2 Å². The third-order valence-corrected chi connectivity index (χ3v) is 3.65. The van der Waals surface area contributed by atoms with Crippen molar-refractivity contribution >= 4 is 5.91 Å². The van der Waals surface area contributed by atoms with Gasteiger partial charge in [-0.3, -0.25) is 4.79 Å². The number of carbonyl (C=O) groups is 1. The lowest BCUT2D eigenvalue weighted by atomic mass is 9.97. The Morgan fingerprint density at radius 2 is 2.10 bits per heavy atom. The topological polar surface area (TPSA) is 64.3 Å². The van der Waals surface area contributed by atoms with Crippen LogP contribution in [0, 0.1) is 0 Å². The summed E-state index contributed by atoms with van der Waals surface area (Å²) in [7, 11) is 0. The van der Waals surface area contributed by atoms with E-state index in [0.29, 0.717) is 12.1 Å². The molecular weight excluding hydrogens is 266 g/mol. The second-order valence-electron chi connectivity index (χ2n) is 5.05. The van der Waals surface area contributed by atoms with Gasteiger partial charge >= 0.3 is 6.61 Å². The molecule has 2 rings (SSSR count). The first-order valence-electron chi connectivity index (χ1n) is 6.62. The highest BCUT2D eigenvalue weighted by molar-refractivity contribution is 5.95. The number of hydrogen-bond donors (Lipinski definition) is 2. The van der Waals surface area contributed by atoms with Gasteiger partial charge in [-0.15, -0.1) is 0 Å². The SMILES string of the molecule is NCC1(NC(=O)c2cccc(OC(F)F)c2)CCCC1. The molecule has 4 nitrogen and oxygen atoms in total. The predicted octanol–water partition coefficient (Wildman–Crippen LogP) is 2.29. The van der Waals surface area contributed by atoms with Crippen molar-refractivity contribution in [3.8, 4) is 5.75 Å². The van der Waals surface area contributed by atoms with Gasteiger partial charge in [0.2, 0.25) is 0 Å². The number of alkyl halides is 2. The van der Waals surface area contributed by atoms with Gasteiger partial charge < -0.3 is 15.8 Å². The maximum absolute atomic E-state index is 12.2. The van der Waals surface area contributed by atoms with Gasteiger partial charge in [-0.1, -0.05) is 18.9 Å². The molecule has 110 valence electrons. The van der Waals surface area contributed by atoms with Crippen molar-refractivity contribution in [2.45, 2.75) is 37.8 Å². The van der Waals surface area contributed by atoms with Gasteiger partial charge in [0.25, 0.3) is 5.91 Å². The van der Waals surface area contributed by atoms with Crippen LogP contribution in [0.1, 0.15) is 36.0 Å². The minimum Gasteiger partial charge on any atom is -0.435 e. The van der Waals surface area contributed by atoms with Gasteiger partial charge in [-0.25, -0.2) is 0 Å². The van der Waals surface area contributed by atoms with Crippen LogP contribution in [0.5, 0.6) is 5.75 Å². The molecule has 0 radical (unpaired) electrons. The van der Waals surface area contributed by atoms with Crippen LogP contribution in [-0.4, -0.2) is 24.6 Å². The molecule has 1 aliphatic carbocycles. The minimum absolute atomic E-state index is 0.0270. The third kappa shape index (κ3) is 3.45. The fourth-order valence-corrected chi connectivity index (χ4v) is 2.56. The Morgan fingerprint density at radius 1 is 1.40 bits per heavy atom. The van der Waals surface area contributed by atoms with Crippen LogP contribution < -0.4 is 15.8 Å². The summed E-state index contributed by atoms with van der Waals surface area (Å²) in [6.45, 7) is -2.52. The molecule has 0 unspecified atom stereocenters. The normalized spacial score (nSPS) is 17.2. The molecule has 1 saturated carbocycles. The zero-order chi connectivity index (χ0) is 14.6. The number of rotatable bonds is 5. The van der Waals surface area contributed by atoms with Crippen LogP contribution >= 0.6 is 0 Å². The van der Waals surface area contributed by atoms with Crippen LogP contribution in [0.15, 0.2) is 24.3 Å². The fourth-order valence-electron chi connectivity index (χ4n) is 2.56. The van der Waals surface area contributed by atoms with Crippen LogP contribution in [0.25, 0.3) is 0 Å². The summed E-state index contributed by atoms with van der Waals surface area (Å²) in [5.41, 5.74) is 5.68. The maximum atomic E-state index is 12.2. The molecule has 1 fully saturated rings. The number of halogens is 2. The van der Waals surface area contributed by atoms with Crippen molar-refractivity contribution in [2.24, 2.45) is 5.73 Å². The van der Waals surface area contributed by atoms with E-state index in [1.54, 1.807) is 6.07 Å². The molecule has 3 N–H and O–H groups in total. The van der Waals surface area contributed by atoms with Gasteiger partial charge in [-0.05, 0) is 31.0 Å². The van der Waals surface area contributed by atoms with E-state index in [1.165, 1.54) is 18.2 Å². The Bertz CT molecular complexity index is 474. The number of nitrogens with two attached hydrogens (primary N) is 1. The van der Waals surface area contributed by atoms with Crippen LogP contribution in [0.4, 0.5) is 8.78 Å². The standard InChI is InChI=1S/C14H18F2N2O2/c15-13(16)20-11-5-3-4-10(8-11)12(19)18-14(9-17)6-1-2-7-14/h3-5,8,13H,1-2,6-7,9,17H2,(H,18,19). The second kappa shape index (κ2) is 6.17. The number of hydrogen-bond acceptors (Lipinski definition) is 3. The minimum atomic E-state index is -2.90. The van der Waals surface area contributed by atoms with Crippen LogP contribution in [-0.2, 0) is 0 Å². The number of ether oxygens (including phenoxy) is 1. The zero-order valence-corrected chi connectivity index (χ0v) is 11.1. The number of nitrogens with one attached hydrogen (secondary N) is 1. The Labute approximate surface area is 116 Å². The molecule has 6 heteroatoms. The van der Waals surface area contributed by atoms with E-state index < -0.39 is 6.61 Å². The second-order valence-corrected chi connectivity index (χ2v) is 5.05. The van der Waals surface area contributed by atoms with E-state index in [2.05, 4.69) is 10.1 Å². The average molecular weight is 284 g/mol. The molecule has 0 bridgehead atoms. The molecule has 0 saturated heterocycles. The molecule has 1 aromatic carbocycles. The predicted molar refractivity (Wildman–Crippen MR) is 70.8 cm³/mol. The third-order valence-electron chi connectivity index (χ3n) is 3.65. The Hall–Kier alpha value is -1.69. The van der Waals surface area contributed by atoms with Crippen molar-refractivity contribution in [1.29, 1.82) is 0 Å². The molecule has 20 heavy (non-hydrogen) atoms. The smallest absolute Gasteiger partial charge is 0.387 e. The first-order chi connectivity index (χ1) is 9.54. The van der Waals surface area contributed by atoms with E-state index in [4.69, 9.17) is 5.73 Å². The van der Waals surface area contributed by atoms with Gasteiger partial charge in [0.15, 0.2) is 0 Å². The lowest BCUT2D eigenvalue weighted by molar-refractivity contribution is -0.0498. The highest BCUT2D eigenvalue weighted by Crippen LogP contribution is 2.29. The van der Waals surface area contributed by atoms with Crippen LogP contribution in [0.2, 0.25) is 0 Å². The molecule has 1 amide bonds. The summed E-state index contributed by atoms with van der Waals surface area (Å²) < 4.78 is 28.6. The maximum Gasteiger partial charge on any atom is 0.387 e. The summed E-state index contributed by atoms with van der Waals surface area (Å²) in [6, 6.07) is 5.76. The zero-order valence-electron chi connectivity index (χ0n) is 11.1. The summed E-state index contributed by atoms with van der Waals surface area (Å²) in [5.74, 6) is -0.335. The van der Waals surface area contributed by atoms with Crippen molar-refractivity contribution < 1.29 is 18.3 Å². The number of amides is 1. The van der Waals surface area contributed by atoms with Crippen molar-refractivity contribution in [2.75, 3.05) is 6.54 Å². The van der Waals surface area contributed by atoms with Gasteiger partial charge in [0.05, 0.1) is 5.54 Å². The van der Waals surface area contributed by atoms with E-state index in [1.807, 2.05) is 0 Å². The Balaban J connectivity index is 2.08. The summed E-state index contributed by atoms with van der Waals surface area (Å²) in [4.78, 5) is 12.2.